The average Bonchev–Trinajstić information content (AvgIpc) is 2.96. The summed E-state index contributed by atoms with van der Waals surface area (Å²) in [5, 5.41) is 6.94. The Kier molecular flexibility index (Phi) is 5.65. The largest absolute Gasteiger partial charge is 0.484 e. The first-order valence-corrected chi connectivity index (χ1v) is 8.39. The van der Waals surface area contributed by atoms with Crippen molar-refractivity contribution in [2.45, 2.75) is 6.54 Å². The minimum Gasteiger partial charge on any atom is -0.484 e. The number of amides is 1. The van der Waals surface area contributed by atoms with Crippen LogP contribution < -0.4 is 15.7 Å². The lowest BCUT2D eigenvalue weighted by molar-refractivity contribution is -0.123. The molecule has 1 N–H and O–H groups in total. The summed E-state index contributed by atoms with van der Waals surface area (Å²) in [7, 11) is 1.59. The van der Waals surface area contributed by atoms with Crippen LogP contribution in [0.15, 0.2) is 59.4 Å². The SMILES string of the molecule is Cn1c(-c2ccc(F)cc2)nn(CCNC(=O)COc2ccccc2)c1=O. The van der Waals surface area contributed by atoms with E-state index in [2.05, 4.69) is 10.4 Å². The van der Waals surface area contributed by atoms with E-state index in [1.165, 1.54) is 21.4 Å². The van der Waals surface area contributed by atoms with E-state index in [-0.39, 0.29) is 37.1 Å². The van der Waals surface area contributed by atoms with Crippen molar-refractivity contribution >= 4 is 5.91 Å². The summed E-state index contributed by atoms with van der Waals surface area (Å²) in [6.45, 7) is 0.337. The first kappa shape index (κ1) is 18.4. The van der Waals surface area contributed by atoms with E-state index >= 15 is 0 Å². The lowest BCUT2D eigenvalue weighted by Gasteiger charge is -2.07. The van der Waals surface area contributed by atoms with Crippen LogP contribution in [0.25, 0.3) is 11.4 Å². The minimum atomic E-state index is -0.358. The van der Waals surface area contributed by atoms with Crippen molar-refractivity contribution in [2.24, 2.45) is 7.05 Å². The van der Waals surface area contributed by atoms with Gasteiger partial charge in [-0.3, -0.25) is 9.36 Å². The van der Waals surface area contributed by atoms with Crippen molar-refractivity contribution in [1.29, 1.82) is 0 Å². The van der Waals surface area contributed by atoms with Crippen LogP contribution in [0.1, 0.15) is 0 Å². The van der Waals surface area contributed by atoms with E-state index in [1.807, 2.05) is 18.2 Å². The molecule has 7 nitrogen and oxygen atoms in total. The van der Waals surface area contributed by atoms with Crippen LogP contribution in [0, 0.1) is 5.82 Å². The number of halogens is 1. The molecule has 140 valence electrons. The van der Waals surface area contributed by atoms with Gasteiger partial charge in [-0.1, -0.05) is 18.2 Å². The molecule has 0 atom stereocenters. The van der Waals surface area contributed by atoms with Crippen LogP contribution in [0.2, 0.25) is 0 Å². The fourth-order valence-electron chi connectivity index (χ4n) is 2.50. The van der Waals surface area contributed by atoms with Crippen molar-refractivity contribution in [3.05, 3.63) is 70.9 Å². The second-order valence-electron chi connectivity index (χ2n) is 5.85. The van der Waals surface area contributed by atoms with Gasteiger partial charge >= 0.3 is 5.69 Å². The van der Waals surface area contributed by atoms with E-state index in [0.717, 1.165) is 0 Å². The summed E-state index contributed by atoms with van der Waals surface area (Å²) in [5.74, 6) is 0.390. The minimum absolute atomic E-state index is 0.109. The number of hydrogen-bond acceptors (Lipinski definition) is 4. The lowest BCUT2D eigenvalue weighted by Crippen LogP contribution is -2.34. The summed E-state index contributed by atoms with van der Waals surface area (Å²) in [6, 6.07) is 14.8. The van der Waals surface area contributed by atoms with Crippen LogP contribution in [-0.4, -0.2) is 33.4 Å². The third-order valence-electron chi connectivity index (χ3n) is 3.90. The predicted octanol–water partition coefficient (Wildman–Crippen LogP) is 1.58. The zero-order chi connectivity index (χ0) is 19.2. The van der Waals surface area contributed by atoms with Gasteiger partial charge in [0.25, 0.3) is 5.91 Å². The Morgan fingerprint density at radius 3 is 2.56 bits per heavy atom. The summed E-state index contributed by atoms with van der Waals surface area (Å²) in [6.07, 6.45) is 0. The standard InChI is InChI=1S/C19H19FN4O3/c1-23-18(14-7-9-15(20)10-8-14)22-24(19(23)26)12-11-21-17(25)13-27-16-5-3-2-4-6-16/h2-10H,11-13H2,1H3,(H,21,25). The maximum atomic E-state index is 13.1. The second kappa shape index (κ2) is 8.31. The molecule has 1 aromatic heterocycles. The van der Waals surface area contributed by atoms with Gasteiger partial charge in [0.05, 0.1) is 6.54 Å². The van der Waals surface area contributed by atoms with Crippen LogP contribution in [-0.2, 0) is 18.4 Å². The molecular weight excluding hydrogens is 351 g/mol. The normalized spacial score (nSPS) is 10.6. The van der Waals surface area contributed by atoms with Gasteiger partial charge in [-0.05, 0) is 36.4 Å². The monoisotopic (exact) mass is 370 g/mol. The Morgan fingerprint density at radius 1 is 1.15 bits per heavy atom. The van der Waals surface area contributed by atoms with Crippen LogP contribution in [0.3, 0.4) is 0 Å². The molecule has 0 aliphatic carbocycles. The van der Waals surface area contributed by atoms with E-state index in [9.17, 15) is 14.0 Å². The van der Waals surface area contributed by atoms with Gasteiger partial charge in [0.2, 0.25) is 0 Å². The van der Waals surface area contributed by atoms with Crippen molar-refractivity contribution < 1.29 is 13.9 Å². The highest BCUT2D eigenvalue weighted by Crippen LogP contribution is 2.15. The van der Waals surface area contributed by atoms with Gasteiger partial charge in [-0.15, -0.1) is 5.10 Å². The molecule has 0 saturated carbocycles. The number of carbonyl (C=O) groups is 1. The van der Waals surface area contributed by atoms with Gasteiger partial charge in [0, 0.05) is 19.2 Å². The Balaban J connectivity index is 1.55. The molecule has 8 heteroatoms. The van der Waals surface area contributed by atoms with Crippen molar-refractivity contribution in [3.8, 4) is 17.1 Å². The molecule has 0 radical (unpaired) electrons. The van der Waals surface area contributed by atoms with Gasteiger partial charge in [0.15, 0.2) is 12.4 Å². The number of para-hydroxylation sites is 1. The molecule has 1 heterocycles. The van der Waals surface area contributed by atoms with E-state index in [1.54, 1.807) is 31.3 Å². The Hall–Kier alpha value is -3.42. The molecule has 0 spiro atoms. The number of benzene rings is 2. The number of carbonyl (C=O) groups excluding carboxylic acids is 1. The smallest absolute Gasteiger partial charge is 0.345 e. The van der Waals surface area contributed by atoms with Gasteiger partial charge in [-0.25, -0.2) is 13.9 Å². The van der Waals surface area contributed by atoms with Crippen LogP contribution >= 0.6 is 0 Å². The molecule has 1 amide bonds. The highest BCUT2D eigenvalue weighted by Gasteiger charge is 2.12. The lowest BCUT2D eigenvalue weighted by atomic mass is 10.2. The number of aromatic nitrogens is 3. The van der Waals surface area contributed by atoms with Crippen LogP contribution in [0.4, 0.5) is 4.39 Å². The molecule has 0 aliphatic heterocycles. The van der Waals surface area contributed by atoms with Crippen molar-refractivity contribution in [3.63, 3.8) is 0 Å². The maximum Gasteiger partial charge on any atom is 0.345 e. The van der Waals surface area contributed by atoms with Crippen molar-refractivity contribution in [1.82, 2.24) is 19.7 Å². The van der Waals surface area contributed by atoms with E-state index < -0.39 is 0 Å². The number of ether oxygens (including phenoxy) is 1. The van der Waals surface area contributed by atoms with Gasteiger partial charge < -0.3 is 10.1 Å². The third kappa shape index (κ3) is 4.60. The summed E-state index contributed by atoms with van der Waals surface area (Å²) >= 11 is 0. The molecule has 0 unspecified atom stereocenters. The summed E-state index contributed by atoms with van der Waals surface area (Å²) < 4.78 is 21.1. The molecule has 3 rings (SSSR count). The van der Waals surface area contributed by atoms with Gasteiger partial charge in [-0.2, -0.15) is 0 Å². The summed E-state index contributed by atoms with van der Waals surface area (Å²) in [5.41, 5.74) is 0.319. The van der Waals surface area contributed by atoms with Crippen molar-refractivity contribution in [2.75, 3.05) is 13.2 Å². The first-order valence-electron chi connectivity index (χ1n) is 8.39. The Labute approximate surface area is 155 Å². The molecule has 3 aromatic rings. The molecule has 0 bridgehead atoms. The first-order chi connectivity index (χ1) is 13.0. The zero-order valence-electron chi connectivity index (χ0n) is 14.8. The number of rotatable bonds is 7. The van der Waals surface area contributed by atoms with Gasteiger partial charge in [0.1, 0.15) is 11.6 Å². The third-order valence-corrected chi connectivity index (χ3v) is 3.90. The Bertz CT molecular complexity index is 965. The number of nitrogens with zero attached hydrogens (tertiary/aromatic N) is 3. The fourth-order valence-corrected chi connectivity index (χ4v) is 2.50. The number of nitrogens with one attached hydrogen (secondary N) is 1. The molecule has 0 saturated heterocycles. The molecule has 2 aromatic carbocycles. The van der Waals surface area contributed by atoms with E-state index in [0.29, 0.717) is 17.1 Å². The topological polar surface area (TPSA) is 78.2 Å². The summed E-state index contributed by atoms with van der Waals surface area (Å²) in [4.78, 5) is 24.1. The molecule has 0 fully saturated rings. The average molecular weight is 370 g/mol. The second-order valence-corrected chi connectivity index (χ2v) is 5.85. The predicted molar refractivity (Wildman–Crippen MR) is 97.8 cm³/mol. The highest BCUT2D eigenvalue weighted by atomic mass is 19.1. The zero-order valence-corrected chi connectivity index (χ0v) is 14.8. The maximum absolute atomic E-state index is 13.1. The molecular formula is C19H19FN4O3. The quantitative estimate of drug-likeness (QED) is 0.685. The van der Waals surface area contributed by atoms with E-state index in [4.69, 9.17) is 4.74 Å². The Morgan fingerprint density at radius 2 is 1.85 bits per heavy atom. The fraction of sp³-hybridized carbons (Fsp3) is 0.211. The van der Waals surface area contributed by atoms with Crippen LogP contribution in [0.5, 0.6) is 5.75 Å². The number of hydrogen-bond donors (Lipinski definition) is 1. The molecule has 0 aliphatic rings. The molecule has 27 heavy (non-hydrogen) atoms. The highest BCUT2D eigenvalue weighted by molar-refractivity contribution is 5.77.